The highest BCUT2D eigenvalue weighted by Gasteiger charge is 2.46. The Labute approximate surface area is 175 Å². The summed E-state index contributed by atoms with van der Waals surface area (Å²) in [4.78, 5) is 27.6. The molecule has 5 rings (SSSR count). The van der Waals surface area contributed by atoms with Gasteiger partial charge in [-0.3, -0.25) is 14.5 Å². The Kier molecular flexibility index (Phi) is 4.22. The molecule has 0 radical (unpaired) electrons. The molecule has 6 nitrogen and oxygen atoms in total. The lowest BCUT2D eigenvalue weighted by atomic mass is 9.99. The fraction of sp³-hybridized carbons (Fsp3) is 0.0435. The van der Waals surface area contributed by atoms with E-state index in [-0.39, 0.29) is 11.3 Å². The summed E-state index contributed by atoms with van der Waals surface area (Å²) < 4.78 is 11.2. The maximum atomic E-state index is 13.4. The van der Waals surface area contributed by atoms with Gasteiger partial charge >= 0.3 is 0 Å². The van der Waals surface area contributed by atoms with Crippen LogP contribution in [0.5, 0.6) is 0 Å². The standard InChI is InChI=1S/C23H14ClNO5/c24-14-6-3-7-15(12-14)25-20(17-9-4-10-29-17)19(22(27)23(25)28)21(26)18-11-13-5-1-2-8-16(13)30-18/h1-12,20,27H. The lowest BCUT2D eigenvalue weighted by Gasteiger charge is -2.24. The van der Waals surface area contributed by atoms with Crippen LogP contribution in [0.3, 0.4) is 0 Å². The van der Waals surface area contributed by atoms with Crippen LogP contribution >= 0.6 is 11.6 Å². The van der Waals surface area contributed by atoms with Crippen molar-refractivity contribution in [3.05, 3.63) is 101 Å². The second kappa shape index (κ2) is 6.93. The van der Waals surface area contributed by atoms with Crippen molar-refractivity contribution in [3.63, 3.8) is 0 Å². The monoisotopic (exact) mass is 419 g/mol. The van der Waals surface area contributed by atoms with Gasteiger partial charge in [0.15, 0.2) is 11.5 Å². The Morgan fingerprint density at radius 3 is 2.60 bits per heavy atom. The zero-order valence-electron chi connectivity index (χ0n) is 15.4. The summed E-state index contributed by atoms with van der Waals surface area (Å²) in [7, 11) is 0. The van der Waals surface area contributed by atoms with Gasteiger partial charge in [0.2, 0.25) is 5.78 Å². The van der Waals surface area contributed by atoms with Crippen molar-refractivity contribution < 1.29 is 23.5 Å². The highest BCUT2D eigenvalue weighted by atomic mass is 35.5. The van der Waals surface area contributed by atoms with Gasteiger partial charge in [0.05, 0.1) is 11.8 Å². The highest BCUT2D eigenvalue weighted by molar-refractivity contribution is 6.31. The van der Waals surface area contributed by atoms with Crippen LogP contribution in [0.4, 0.5) is 5.69 Å². The number of furan rings is 2. The van der Waals surface area contributed by atoms with Crippen LogP contribution in [0.25, 0.3) is 11.0 Å². The minimum absolute atomic E-state index is 0.0232. The predicted octanol–water partition coefficient (Wildman–Crippen LogP) is 5.46. The number of aliphatic hydroxyl groups is 1. The van der Waals surface area contributed by atoms with Gasteiger partial charge in [-0.05, 0) is 42.5 Å². The molecule has 7 heteroatoms. The lowest BCUT2D eigenvalue weighted by molar-refractivity contribution is -0.117. The number of nitrogens with zero attached hydrogens (tertiary/aromatic N) is 1. The molecule has 0 saturated carbocycles. The summed E-state index contributed by atoms with van der Waals surface area (Å²) in [6, 6.07) is 17.7. The van der Waals surface area contributed by atoms with Crippen molar-refractivity contribution in [1.29, 1.82) is 0 Å². The molecule has 1 amide bonds. The molecule has 1 N–H and O–H groups in total. The molecular formula is C23H14ClNO5. The van der Waals surface area contributed by atoms with Crippen LogP contribution in [0.1, 0.15) is 22.4 Å². The molecule has 0 fully saturated rings. The van der Waals surface area contributed by atoms with E-state index in [1.165, 1.54) is 11.2 Å². The first-order valence-electron chi connectivity index (χ1n) is 9.13. The fourth-order valence-electron chi connectivity index (χ4n) is 3.67. The Hall–Kier alpha value is -3.77. The third kappa shape index (κ3) is 2.81. The summed E-state index contributed by atoms with van der Waals surface area (Å²) in [5.74, 6) is -1.62. The Balaban J connectivity index is 1.65. The van der Waals surface area contributed by atoms with E-state index < -0.39 is 23.5 Å². The number of fused-ring (bicyclic) bond motifs is 1. The highest BCUT2D eigenvalue weighted by Crippen LogP contribution is 2.42. The smallest absolute Gasteiger partial charge is 0.294 e. The van der Waals surface area contributed by atoms with Gasteiger partial charge in [-0.2, -0.15) is 0 Å². The van der Waals surface area contributed by atoms with Crippen molar-refractivity contribution >= 4 is 39.9 Å². The molecule has 148 valence electrons. The number of carbonyl (C=O) groups excluding carboxylic acids is 2. The van der Waals surface area contributed by atoms with E-state index in [2.05, 4.69) is 0 Å². The summed E-state index contributed by atoms with van der Waals surface area (Å²) in [5.41, 5.74) is 0.841. The van der Waals surface area contributed by atoms with Crippen molar-refractivity contribution in [3.8, 4) is 0 Å². The van der Waals surface area contributed by atoms with Gasteiger partial charge in [0.25, 0.3) is 5.91 Å². The lowest BCUT2D eigenvalue weighted by Crippen LogP contribution is -2.30. The predicted molar refractivity (Wildman–Crippen MR) is 111 cm³/mol. The molecule has 0 aliphatic carbocycles. The number of ketones is 1. The number of para-hydroxylation sites is 1. The van der Waals surface area contributed by atoms with Crippen LogP contribution in [0.2, 0.25) is 5.02 Å². The Bertz CT molecular complexity index is 1290. The largest absolute Gasteiger partial charge is 0.503 e. The summed E-state index contributed by atoms with van der Waals surface area (Å²) in [5, 5.41) is 11.8. The molecule has 0 bridgehead atoms. The summed E-state index contributed by atoms with van der Waals surface area (Å²) >= 11 is 6.10. The van der Waals surface area contributed by atoms with Crippen molar-refractivity contribution in [2.45, 2.75) is 6.04 Å². The first-order valence-corrected chi connectivity index (χ1v) is 9.51. The Morgan fingerprint density at radius 1 is 1.03 bits per heavy atom. The quantitative estimate of drug-likeness (QED) is 0.444. The van der Waals surface area contributed by atoms with Crippen molar-refractivity contribution in [2.75, 3.05) is 4.90 Å². The summed E-state index contributed by atoms with van der Waals surface area (Å²) in [6.07, 6.45) is 1.44. The number of hydrogen-bond acceptors (Lipinski definition) is 5. The van der Waals surface area contributed by atoms with Crippen molar-refractivity contribution in [2.24, 2.45) is 0 Å². The van der Waals surface area contributed by atoms with Crippen molar-refractivity contribution in [1.82, 2.24) is 0 Å². The molecule has 1 unspecified atom stereocenters. The van der Waals surface area contributed by atoms with E-state index in [9.17, 15) is 14.7 Å². The number of anilines is 1. The third-order valence-corrected chi connectivity index (χ3v) is 5.24. The minimum Gasteiger partial charge on any atom is -0.503 e. The molecule has 1 aliphatic rings. The number of halogens is 1. The second-order valence-corrected chi connectivity index (χ2v) is 7.25. The number of benzene rings is 2. The number of rotatable bonds is 4. The molecule has 3 heterocycles. The van der Waals surface area contributed by atoms with E-state index in [0.29, 0.717) is 22.1 Å². The number of hydrogen-bond donors (Lipinski definition) is 1. The van der Waals surface area contributed by atoms with Gasteiger partial charge in [0.1, 0.15) is 17.4 Å². The maximum Gasteiger partial charge on any atom is 0.294 e. The summed E-state index contributed by atoms with van der Waals surface area (Å²) in [6.45, 7) is 0. The van der Waals surface area contributed by atoms with Gasteiger partial charge in [-0.15, -0.1) is 0 Å². The topological polar surface area (TPSA) is 83.9 Å². The number of aliphatic hydroxyl groups excluding tert-OH is 1. The van der Waals surface area contributed by atoms with Crippen LogP contribution in [0, 0.1) is 0 Å². The van der Waals surface area contributed by atoms with E-state index in [0.717, 1.165) is 5.39 Å². The normalized spacial score (nSPS) is 16.6. The minimum atomic E-state index is -0.966. The second-order valence-electron chi connectivity index (χ2n) is 6.81. The van der Waals surface area contributed by atoms with E-state index >= 15 is 0 Å². The molecule has 0 spiro atoms. The molecule has 2 aromatic heterocycles. The molecule has 1 atom stereocenters. The van der Waals surface area contributed by atoms with E-state index in [4.69, 9.17) is 20.4 Å². The molecular weight excluding hydrogens is 406 g/mol. The number of amides is 1. The van der Waals surface area contributed by atoms with Gasteiger partial charge < -0.3 is 13.9 Å². The first-order chi connectivity index (χ1) is 14.5. The Morgan fingerprint density at radius 2 is 1.87 bits per heavy atom. The van der Waals surface area contributed by atoms with E-state index in [1.54, 1.807) is 54.6 Å². The SMILES string of the molecule is O=C(C1=C(O)C(=O)N(c2cccc(Cl)c2)C1c1ccco1)c1cc2ccccc2o1. The maximum absolute atomic E-state index is 13.4. The van der Waals surface area contributed by atoms with Gasteiger partial charge in [-0.25, -0.2) is 0 Å². The fourth-order valence-corrected chi connectivity index (χ4v) is 3.86. The third-order valence-electron chi connectivity index (χ3n) is 5.00. The molecule has 4 aromatic rings. The van der Waals surface area contributed by atoms with Gasteiger partial charge in [0, 0.05) is 16.1 Å². The number of Topliss-reactive ketones (excluding diaryl/α,β-unsaturated/α-hetero) is 1. The molecule has 2 aromatic carbocycles. The van der Waals surface area contributed by atoms with Gasteiger partial charge in [-0.1, -0.05) is 35.9 Å². The number of carbonyl (C=O) groups is 2. The molecule has 0 saturated heterocycles. The van der Waals surface area contributed by atoms with E-state index in [1.807, 2.05) is 12.1 Å². The molecule has 1 aliphatic heterocycles. The molecule has 30 heavy (non-hydrogen) atoms. The zero-order chi connectivity index (χ0) is 20.8. The zero-order valence-corrected chi connectivity index (χ0v) is 16.2. The van der Waals surface area contributed by atoms with Crippen LogP contribution < -0.4 is 4.90 Å². The van der Waals surface area contributed by atoms with Crippen LogP contribution in [-0.4, -0.2) is 16.8 Å². The van der Waals surface area contributed by atoms with Crippen LogP contribution in [-0.2, 0) is 4.79 Å². The first kappa shape index (κ1) is 18.3. The van der Waals surface area contributed by atoms with Crippen LogP contribution in [0.15, 0.2) is 93.2 Å². The average Bonchev–Trinajstić information content (AvgIpc) is 3.46. The average molecular weight is 420 g/mol.